The highest BCUT2D eigenvalue weighted by molar-refractivity contribution is 9.10. The van der Waals surface area contributed by atoms with Gasteiger partial charge in [-0.1, -0.05) is 6.92 Å². The van der Waals surface area contributed by atoms with Crippen molar-refractivity contribution in [2.24, 2.45) is 0 Å². The van der Waals surface area contributed by atoms with Gasteiger partial charge < -0.3 is 11.1 Å². The zero-order valence-corrected chi connectivity index (χ0v) is 9.81. The van der Waals surface area contributed by atoms with Crippen molar-refractivity contribution in [3.05, 3.63) is 22.2 Å². The van der Waals surface area contributed by atoms with E-state index in [9.17, 15) is 4.79 Å². The molecule has 14 heavy (non-hydrogen) atoms. The SMILES string of the molecule is CCC(=O)Nc1cc(N)c(C)cc1Br. The van der Waals surface area contributed by atoms with E-state index in [2.05, 4.69) is 21.2 Å². The third kappa shape index (κ3) is 2.48. The maximum Gasteiger partial charge on any atom is 0.224 e. The number of amides is 1. The first-order valence-corrected chi connectivity index (χ1v) is 5.19. The second-order valence-corrected chi connectivity index (χ2v) is 3.94. The van der Waals surface area contributed by atoms with Crippen LogP contribution >= 0.6 is 15.9 Å². The summed E-state index contributed by atoms with van der Waals surface area (Å²) in [6.07, 6.45) is 0.459. The molecule has 1 amide bonds. The van der Waals surface area contributed by atoms with Gasteiger partial charge in [0.25, 0.3) is 0 Å². The number of halogens is 1. The largest absolute Gasteiger partial charge is 0.398 e. The van der Waals surface area contributed by atoms with Crippen LogP contribution in [-0.4, -0.2) is 5.91 Å². The standard InChI is InChI=1S/C10H13BrN2O/c1-3-10(14)13-9-5-8(12)6(2)4-7(9)11/h4-5H,3,12H2,1-2H3,(H,13,14). The number of hydrogen-bond acceptors (Lipinski definition) is 2. The van der Waals surface area contributed by atoms with Gasteiger partial charge in [-0.3, -0.25) is 4.79 Å². The fraction of sp³-hybridized carbons (Fsp3) is 0.300. The van der Waals surface area contributed by atoms with Gasteiger partial charge in [-0.2, -0.15) is 0 Å². The Kier molecular flexibility index (Phi) is 3.52. The molecule has 4 heteroatoms. The molecule has 0 atom stereocenters. The Hall–Kier alpha value is -1.03. The molecule has 1 rings (SSSR count). The number of aryl methyl sites for hydroxylation is 1. The maximum atomic E-state index is 11.2. The molecule has 0 aliphatic heterocycles. The van der Waals surface area contributed by atoms with Crippen molar-refractivity contribution in [2.75, 3.05) is 11.1 Å². The minimum absolute atomic E-state index is 0.0195. The zero-order chi connectivity index (χ0) is 10.7. The fourth-order valence-corrected chi connectivity index (χ4v) is 1.58. The maximum absolute atomic E-state index is 11.2. The third-order valence-corrected chi connectivity index (χ3v) is 2.61. The van der Waals surface area contributed by atoms with Crippen LogP contribution in [0.4, 0.5) is 11.4 Å². The summed E-state index contributed by atoms with van der Waals surface area (Å²) < 4.78 is 0.853. The van der Waals surface area contributed by atoms with Crippen molar-refractivity contribution < 1.29 is 4.79 Å². The molecule has 0 saturated heterocycles. The summed E-state index contributed by atoms with van der Waals surface area (Å²) in [5.41, 5.74) is 8.13. The Morgan fingerprint density at radius 3 is 2.79 bits per heavy atom. The number of nitrogens with two attached hydrogens (primary N) is 1. The van der Waals surface area contributed by atoms with Crippen LogP contribution in [0, 0.1) is 6.92 Å². The van der Waals surface area contributed by atoms with Gasteiger partial charge >= 0.3 is 0 Å². The first-order valence-electron chi connectivity index (χ1n) is 4.40. The summed E-state index contributed by atoms with van der Waals surface area (Å²) in [6, 6.07) is 3.65. The topological polar surface area (TPSA) is 55.1 Å². The third-order valence-electron chi connectivity index (χ3n) is 1.95. The lowest BCUT2D eigenvalue weighted by Crippen LogP contribution is -2.10. The Labute approximate surface area is 91.8 Å². The number of benzene rings is 1. The fourth-order valence-electron chi connectivity index (χ4n) is 1.02. The molecular formula is C10H13BrN2O. The second-order valence-electron chi connectivity index (χ2n) is 3.09. The van der Waals surface area contributed by atoms with Crippen molar-refractivity contribution >= 4 is 33.2 Å². The predicted molar refractivity (Wildman–Crippen MR) is 62.2 cm³/mol. The minimum Gasteiger partial charge on any atom is -0.398 e. The van der Waals surface area contributed by atoms with Crippen LogP contribution in [0.25, 0.3) is 0 Å². The first kappa shape index (κ1) is 11.0. The molecule has 0 unspecified atom stereocenters. The number of anilines is 2. The molecule has 0 aliphatic rings. The van der Waals surface area contributed by atoms with E-state index in [-0.39, 0.29) is 5.91 Å². The van der Waals surface area contributed by atoms with Crippen LogP contribution in [0.15, 0.2) is 16.6 Å². The summed E-state index contributed by atoms with van der Waals surface area (Å²) in [4.78, 5) is 11.2. The molecule has 76 valence electrons. The van der Waals surface area contributed by atoms with E-state index in [4.69, 9.17) is 5.73 Å². The molecule has 1 aromatic carbocycles. The Morgan fingerprint density at radius 1 is 1.57 bits per heavy atom. The predicted octanol–water partition coefficient (Wildman–Crippen LogP) is 2.69. The average Bonchev–Trinajstić information content (AvgIpc) is 2.14. The van der Waals surface area contributed by atoms with Gasteiger partial charge in [0.1, 0.15) is 0 Å². The average molecular weight is 257 g/mol. The van der Waals surface area contributed by atoms with Crippen LogP contribution in [0.5, 0.6) is 0 Å². The molecule has 0 aliphatic carbocycles. The Balaban J connectivity index is 2.98. The van der Waals surface area contributed by atoms with Crippen LogP contribution in [0.1, 0.15) is 18.9 Å². The lowest BCUT2D eigenvalue weighted by molar-refractivity contribution is -0.115. The quantitative estimate of drug-likeness (QED) is 0.800. The zero-order valence-electron chi connectivity index (χ0n) is 8.23. The van der Waals surface area contributed by atoms with Gasteiger partial charge in [0.2, 0.25) is 5.91 Å². The van der Waals surface area contributed by atoms with Crippen molar-refractivity contribution in [1.82, 2.24) is 0 Å². The lowest BCUT2D eigenvalue weighted by atomic mass is 10.2. The molecule has 0 spiro atoms. The van der Waals surface area contributed by atoms with Crippen LogP contribution < -0.4 is 11.1 Å². The highest BCUT2D eigenvalue weighted by Gasteiger charge is 2.05. The Bertz CT molecular complexity index is 363. The summed E-state index contributed by atoms with van der Waals surface area (Å²) in [6.45, 7) is 3.73. The second kappa shape index (κ2) is 4.46. The van der Waals surface area contributed by atoms with Gasteiger partial charge in [-0.25, -0.2) is 0 Å². The monoisotopic (exact) mass is 256 g/mol. The molecule has 1 aromatic rings. The number of rotatable bonds is 2. The number of hydrogen-bond donors (Lipinski definition) is 2. The van der Waals surface area contributed by atoms with E-state index in [1.165, 1.54) is 0 Å². The van der Waals surface area contributed by atoms with E-state index >= 15 is 0 Å². The van der Waals surface area contributed by atoms with Gasteiger partial charge in [0, 0.05) is 16.6 Å². The molecule has 0 heterocycles. The minimum atomic E-state index is -0.0195. The van der Waals surface area contributed by atoms with Crippen LogP contribution in [-0.2, 0) is 4.79 Å². The Morgan fingerprint density at radius 2 is 2.21 bits per heavy atom. The van der Waals surface area contributed by atoms with Crippen molar-refractivity contribution in [2.45, 2.75) is 20.3 Å². The molecule has 0 saturated carbocycles. The summed E-state index contributed by atoms with van der Waals surface area (Å²) in [5, 5.41) is 2.76. The number of nitrogens with one attached hydrogen (secondary N) is 1. The highest BCUT2D eigenvalue weighted by Crippen LogP contribution is 2.27. The van der Waals surface area contributed by atoms with Crippen molar-refractivity contribution in [3.8, 4) is 0 Å². The summed E-state index contributed by atoms with van der Waals surface area (Å²) in [5.74, 6) is -0.0195. The molecule has 0 radical (unpaired) electrons. The number of carbonyl (C=O) groups is 1. The highest BCUT2D eigenvalue weighted by atomic mass is 79.9. The summed E-state index contributed by atoms with van der Waals surface area (Å²) in [7, 11) is 0. The molecule has 0 bridgehead atoms. The van der Waals surface area contributed by atoms with E-state index in [0.717, 1.165) is 15.7 Å². The molecule has 3 nitrogen and oxygen atoms in total. The van der Waals surface area contributed by atoms with Gasteiger partial charge in [0.15, 0.2) is 0 Å². The normalized spacial score (nSPS) is 9.93. The van der Waals surface area contributed by atoms with Crippen molar-refractivity contribution in [1.29, 1.82) is 0 Å². The number of nitrogen functional groups attached to an aromatic ring is 1. The summed E-state index contributed by atoms with van der Waals surface area (Å²) >= 11 is 3.37. The molecular weight excluding hydrogens is 244 g/mol. The van der Waals surface area contributed by atoms with Gasteiger partial charge in [-0.15, -0.1) is 0 Å². The van der Waals surface area contributed by atoms with Crippen LogP contribution in [0.2, 0.25) is 0 Å². The smallest absolute Gasteiger partial charge is 0.224 e. The molecule has 0 fully saturated rings. The number of carbonyl (C=O) groups excluding carboxylic acids is 1. The van der Waals surface area contributed by atoms with Gasteiger partial charge in [0.05, 0.1) is 5.69 Å². The first-order chi connectivity index (χ1) is 6.54. The molecule has 0 aromatic heterocycles. The van der Waals surface area contributed by atoms with E-state index < -0.39 is 0 Å². The van der Waals surface area contributed by atoms with E-state index in [0.29, 0.717) is 12.1 Å². The molecule has 3 N–H and O–H groups in total. The van der Waals surface area contributed by atoms with E-state index in [1.807, 2.05) is 13.0 Å². The van der Waals surface area contributed by atoms with Crippen molar-refractivity contribution in [3.63, 3.8) is 0 Å². The lowest BCUT2D eigenvalue weighted by Gasteiger charge is -2.09. The van der Waals surface area contributed by atoms with Crippen LogP contribution in [0.3, 0.4) is 0 Å². The van der Waals surface area contributed by atoms with Gasteiger partial charge in [-0.05, 0) is 40.5 Å². The van der Waals surface area contributed by atoms with E-state index in [1.54, 1.807) is 13.0 Å².